The zero-order chi connectivity index (χ0) is 15.4. The van der Waals surface area contributed by atoms with Gasteiger partial charge < -0.3 is 5.73 Å². The fourth-order valence-corrected chi connectivity index (χ4v) is 3.02. The lowest BCUT2D eigenvalue weighted by atomic mass is 9.85. The Hall–Kier alpha value is -0.290. The molecule has 0 aliphatic carbocycles. The molecule has 2 nitrogen and oxygen atoms in total. The fraction of sp³-hybridized carbons (Fsp3) is 1.00. The van der Waals surface area contributed by atoms with E-state index in [4.69, 9.17) is 5.73 Å². The van der Waals surface area contributed by atoms with Gasteiger partial charge in [0.2, 0.25) is 0 Å². The molecule has 5 heteroatoms. The smallest absolute Gasteiger partial charge is 0.329 e. The molecule has 0 saturated carbocycles. The van der Waals surface area contributed by atoms with Gasteiger partial charge in [-0.2, -0.15) is 13.2 Å². The molecule has 0 aromatic heterocycles. The highest BCUT2D eigenvalue weighted by atomic mass is 19.4. The first-order valence-electron chi connectivity index (χ1n) is 7.60. The summed E-state index contributed by atoms with van der Waals surface area (Å²) in [6.45, 7) is 8.85. The van der Waals surface area contributed by atoms with Crippen molar-refractivity contribution in [2.45, 2.75) is 71.0 Å². The second-order valence-corrected chi connectivity index (χ2v) is 7.17. The van der Waals surface area contributed by atoms with Crippen molar-refractivity contribution in [2.24, 2.45) is 11.1 Å². The summed E-state index contributed by atoms with van der Waals surface area (Å²) in [5.41, 5.74) is 5.91. The van der Waals surface area contributed by atoms with Gasteiger partial charge in [0.25, 0.3) is 0 Å². The van der Waals surface area contributed by atoms with E-state index in [9.17, 15) is 13.2 Å². The van der Waals surface area contributed by atoms with Crippen molar-refractivity contribution in [3.05, 3.63) is 0 Å². The van der Waals surface area contributed by atoms with Gasteiger partial charge in [0, 0.05) is 18.5 Å². The first-order chi connectivity index (χ1) is 9.08. The average Bonchev–Trinajstić information content (AvgIpc) is 2.48. The SMILES string of the molecule is CC1(C)CCCN(C(C)(CN)CCCC(F)(F)F)CC1. The predicted octanol–water partition coefficient (Wildman–Crippen LogP) is 3.95. The lowest BCUT2D eigenvalue weighted by Crippen LogP contribution is -2.52. The van der Waals surface area contributed by atoms with E-state index in [1.807, 2.05) is 6.92 Å². The van der Waals surface area contributed by atoms with Crippen LogP contribution in [-0.2, 0) is 0 Å². The molecule has 1 saturated heterocycles. The second-order valence-electron chi connectivity index (χ2n) is 7.17. The number of halogens is 3. The molecule has 1 aliphatic heterocycles. The zero-order valence-electron chi connectivity index (χ0n) is 13.0. The van der Waals surface area contributed by atoms with Gasteiger partial charge in [-0.1, -0.05) is 13.8 Å². The van der Waals surface area contributed by atoms with Crippen molar-refractivity contribution in [3.63, 3.8) is 0 Å². The maximum absolute atomic E-state index is 12.3. The number of rotatable bonds is 5. The first-order valence-corrected chi connectivity index (χ1v) is 7.60. The lowest BCUT2D eigenvalue weighted by molar-refractivity contribution is -0.136. The topological polar surface area (TPSA) is 29.3 Å². The minimum atomic E-state index is -4.06. The van der Waals surface area contributed by atoms with Gasteiger partial charge in [-0.25, -0.2) is 0 Å². The van der Waals surface area contributed by atoms with Crippen LogP contribution in [0.15, 0.2) is 0 Å². The molecule has 0 bridgehead atoms. The minimum absolute atomic E-state index is 0.164. The van der Waals surface area contributed by atoms with Crippen molar-refractivity contribution in [2.75, 3.05) is 19.6 Å². The standard InChI is InChI=1S/C15H29F3N2/c1-13(2)6-5-10-20(11-9-13)14(3,12-19)7-4-8-15(16,17)18/h4-12,19H2,1-3H3. The number of nitrogens with zero attached hydrogens (tertiary/aromatic N) is 1. The third-order valence-electron chi connectivity index (χ3n) is 4.72. The van der Waals surface area contributed by atoms with E-state index in [1.165, 1.54) is 6.42 Å². The van der Waals surface area contributed by atoms with Crippen LogP contribution >= 0.6 is 0 Å². The predicted molar refractivity (Wildman–Crippen MR) is 76.6 cm³/mol. The highest BCUT2D eigenvalue weighted by molar-refractivity contribution is 4.90. The summed E-state index contributed by atoms with van der Waals surface area (Å²) >= 11 is 0. The third kappa shape index (κ3) is 5.60. The Balaban J connectivity index is 2.58. The fourth-order valence-electron chi connectivity index (χ4n) is 3.02. The average molecular weight is 294 g/mol. The molecule has 20 heavy (non-hydrogen) atoms. The van der Waals surface area contributed by atoms with E-state index in [1.54, 1.807) is 0 Å². The van der Waals surface area contributed by atoms with E-state index >= 15 is 0 Å². The summed E-state index contributed by atoms with van der Waals surface area (Å²) in [5, 5.41) is 0. The van der Waals surface area contributed by atoms with Gasteiger partial charge in [-0.05, 0) is 57.5 Å². The molecule has 1 fully saturated rings. The molecule has 1 unspecified atom stereocenters. The highest BCUT2D eigenvalue weighted by Crippen LogP contribution is 2.34. The summed E-state index contributed by atoms with van der Waals surface area (Å²) in [6.07, 6.45) is -0.727. The molecule has 0 aromatic carbocycles. The Labute approximate surface area is 120 Å². The summed E-state index contributed by atoms with van der Waals surface area (Å²) in [7, 11) is 0. The highest BCUT2D eigenvalue weighted by Gasteiger charge is 2.35. The van der Waals surface area contributed by atoms with Crippen LogP contribution in [0.4, 0.5) is 13.2 Å². The summed E-state index contributed by atoms with van der Waals surface area (Å²) in [4.78, 5) is 2.32. The normalized spacial score (nSPS) is 24.1. The molecule has 1 rings (SSSR count). The molecule has 1 aliphatic rings. The Morgan fingerprint density at radius 3 is 2.30 bits per heavy atom. The molecule has 120 valence electrons. The van der Waals surface area contributed by atoms with E-state index in [0.29, 0.717) is 18.4 Å². The Morgan fingerprint density at radius 1 is 1.10 bits per heavy atom. The van der Waals surface area contributed by atoms with E-state index in [2.05, 4.69) is 18.7 Å². The number of likely N-dealkylation sites (tertiary alicyclic amines) is 1. The van der Waals surface area contributed by atoms with Crippen molar-refractivity contribution in [1.29, 1.82) is 0 Å². The van der Waals surface area contributed by atoms with Crippen molar-refractivity contribution in [3.8, 4) is 0 Å². The Morgan fingerprint density at radius 2 is 1.75 bits per heavy atom. The van der Waals surface area contributed by atoms with Gasteiger partial charge in [0.15, 0.2) is 0 Å². The van der Waals surface area contributed by atoms with Crippen molar-refractivity contribution >= 4 is 0 Å². The molecule has 1 atom stereocenters. The third-order valence-corrected chi connectivity index (χ3v) is 4.72. The van der Waals surface area contributed by atoms with Crippen LogP contribution in [-0.4, -0.2) is 36.2 Å². The van der Waals surface area contributed by atoms with E-state index in [-0.39, 0.29) is 12.0 Å². The van der Waals surface area contributed by atoms with Crippen LogP contribution in [0.1, 0.15) is 59.3 Å². The largest absolute Gasteiger partial charge is 0.389 e. The van der Waals surface area contributed by atoms with Gasteiger partial charge in [0.1, 0.15) is 0 Å². The number of hydrogen-bond acceptors (Lipinski definition) is 2. The number of alkyl halides is 3. The summed E-state index contributed by atoms with van der Waals surface area (Å²) in [6, 6.07) is 0. The van der Waals surface area contributed by atoms with Gasteiger partial charge >= 0.3 is 6.18 Å². The molecule has 0 spiro atoms. The summed E-state index contributed by atoms with van der Waals surface area (Å²) in [5.74, 6) is 0. The van der Waals surface area contributed by atoms with Crippen LogP contribution in [0, 0.1) is 5.41 Å². The van der Waals surface area contributed by atoms with Crippen LogP contribution in [0.5, 0.6) is 0 Å². The van der Waals surface area contributed by atoms with Crippen LogP contribution < -0.4 is 5.73 Å². The quantitative estimate of drug-likeness (QED) is 0.832. The monoisotopic (exact) mass is 294 g/mol. The van der Waals surface area contributed by atoms with Gasteiger partial charge in [-0.15, -0.1) is 0 Å². The maximum Gasteiger partial charge on any atom is 0.389 e. The van der Waals surface area contributed by atoms with E-state index < -0.39 is 12.6 Å². The van der Waals surface area contributed by atoms with Gasteiger partial charge in [-0.3, -0.25) is 4.90 Å². The molecule has 1 heterocycles. The molecule has 2 N–H and O–H groups in total. The molecular weight excluding hydrogens is 265 g/mol. The van der Waals surface area contributed by atoms with E-state index in [0.717, 1.165) is 25.9 Å². The maximum atomic E-state index is 12.3. The first kappa shape index (κ1) is 17.8. The van der Waals surface area contributed by atoms with Crippen molar-refractivity contribution in [1.82, 2.24) is 4.90 Å². The van der Waals surface area contributed by atoms with Crippen LogP contribution in [0.25, 0.3) is 0 Å². The minimum Gasteiger partial charge on any atom is -0.329 e. The summed E-state index contributed by atoms with van der Waals surface area (Å²) < 4.78 is 36.9. The van der Waals surface area contributed by atoms with Crippen LogP contribution in [0.3, 0.4) is 0 Å². The molecule has 0 aromatic rings. The Kier molecular flexibility index (Phi) is 5.90. The van der Waals surface area contributed by atoms with Crippen LogP contribution in [0.2, 0.25) is 0 Å². The zero-order valence-corrected chi connectivity index (χ0v) is 13.0. The Bertz CT molecular complexity index is 302. The molecule has 0 radical (unpaired) electrons. The second kappa shape index (κ2) is 6.65. The molecule has 0 amide bonds. The van der Waals surface area contributed by atoms with Gasteiger partial charge in [0.05, 0.1) is 0 Å². The number of hydrogen-bond donors (Lipinski definition) is 1. The number of nitrogens with two attached hydrogens (primary N) is 1. The lowest BCUT2D eigenvalue weighted by Gasteiger charge is -2.41. The molecular formula is C15H29F3N2. The van der Waals surface area contributed by atoms with Crippen molar-refractivity contribution < 1.29 is 13.2 Å².